The normalized spacial score (nSPS) is 18.7. The minimum Gasteiger partial charge on any atom is -0.459 e. The van der Waals surface area contributed by atoms with E-state index in [2.05, 4.69) is 11.9 Å². The molecule has 9 heteroatoms. The predicted molar refractivity (Wildman–Crippen MR) is 55.7 cm³/mol. The van der Waals surface area contributed by atoms with E-state index in [9.17, 15) is 27.6 Å². The molecular formula is C10H11F3N2O4. The van der Waals surface area contributed by atoms with Crippen molar-refractivity contribution in [3.05, 3.63) is 12.2 Å². The van der Waals surface area contributed by atoms with Gasteiger partial charge in [-0.3, -0.25) is 14.4 Å². The van der Waals surface area contributed by atoms with Crippen LogP contribution in [-0.4, -0.2) is 43.2 Å². The fourth-order valence-corrected chi connectivity index (χ4v) is 1.28. The number of rotatable bonds is 4. The molecule has 0 spiro atoms. The molecule has 0 radical (unpaired) electrons. The molecule has 1 saturated heterocycles. The molecule has 106 valence electrons. The molecule has 0 bridgehead atoms. The predicted octanol–water partition coefficient (Wildman–Crippen LogP) is -0.347. The molecule has 0 aliphatic carbocycles. The summed E-state index contributed by atoms with van der Waals surface area (Å²) < 4.78 is 41.0. The maximum Gasteiger partial charge on any atom is 0.421 e. The topological polar surface area (TPSA) is 84.5 Å². The molecule has 1 unspecified atom stereocenters. The van der Waals surface area contributed by atoms with Crippen LogP contribution in [0, 0.1) is 0 Å². The molecule has 2 amide bonds. The Morgan fingerprint density at radius 3 is 2.58 bits per heavy atom. The third-order valence-electron chi connectivity index (χ3n) is 2.25. The summed E-state index contributed by atoms with van der Waals surface area (Å²) in [5.74, 6) is -2.71. The van der Waals surface area contributed by atoms with Crippen molar-refractivity contribution in [1.29, 1.82) is 0 Å². The van der Waals surface area contributed by atoms with Gasteiger partial charge in [-0.2, -0.15) is 13.2 Å². The highest BCUT2D eigenvalue weighted by molar-refractivity contribution is 5.95. The van der Waals surface area contributed by atoms with Gasteiger partial charge in [0.25, 0.3) is 5.91 Å². The van der Waals surface area contributed by atoms with Crippen LogP contribution in [0.5, 0.6) is 0 Å². The summed E-state index contributed by atoms with van der Waals surface area (Å²) in [6.07, 6.45) is -5.52. The Kier molecular flexibility index (Phi) is 4.52. The molecule has 1 aliphatic rings. The van der Waals surface area contributed by atoms with E-state index < -0.39 is 36.3 Å². The minimum atomic E-state index is -4.85. The van der Waals surface area contributed by atoms with E-state index >= 15 is 0 Å². The molecular weight excluding hydrogens is 269 g/mol. The van der Waals surface area contributed by atoms with E-state index in [0.717, 1.165) is 0 Å². The van der Waals surface area contributed by atoms with Crippen LogP contribution in [0.1, 0.15) is 6.42 Å². The van der Waals surface area contributed by atoms with Gasteiger partial charge < -0.3 is 15.4 Å². The van der Waals surface area contributed by atoms with E-state index in [4.69, 9.17) is 4.74 Å². The summed E-state index contributed by atoms with van der Waals surface area (Å²) in [5.41, 5.74) is -1.60. The molecule has 0 aromatic heterocycles. The van der Waals surface area contributed by atoms with Crippen molar-refractivity contribution in [2.45, 2.75) is 18.7 Å². The Balaban J connectivity index is 2.32. The maximum absolute atomic E-state index is 12.1. The fraction of sp³-hybridized carbons (Fsp3) is 0.500. The number of hydrogen-bond donors (Lipinski definition) is 2. The lowest BCUT2D eigenvalue weighted by molar-refractivity contribution is -0.149. The molecule has 1 heterocycles. The standard InChI is InChI=1S/C10H11F3N2O4/c1-5(10(11,12)13)9(18)15-4-8(17)19-6-2-7(16)14-3-6/h6H,1-4H2,(H,14,16)(H,15,18). The summed E-state index contributed by atoms with van der Waals surface area (Å²) in [4.78, 5) is 33.0. The molecule has 0 aromatic rings. The lowest BCUT2D eigenvalue weighted by atomic mass is 10.3. The average molecular weight is 280 g/mol. The molecule has 0 saturated carbocycles. The Morgan fingerprint density at radius 2 is 2.11 bits per heavy atom. The number of ether oxygens (including phenoxy) is 1. The van der Waals surface area contributed by atoms with Gasteiger partial charge in [-0.25, -0.2) is 0 Å². The highest BCUT2D eigenvalue weighted by Crippen LogP contribution is 2.23. The van der Waals surface area contributed by atoms with Crippen molar-refractivity contribution in [2.75, 3.05) is 13.1 Å². The van der Waals surface area contributed by atoms with Crippen LogP contribution < -0.4 is 10.6 Å². The second-order valence-corrected chi connectivity index (χ2v) is 3.78. The van der Waals surface area contributed by atoms with Gasteiger partial charge in [0.15, 0.2) is 0 Å². The fourth-order valence-electron chi connectivity index (χ4n) is 1.28. The third-order valence-corrected chi connectivity index (χ3v) is 2.25. The Morgan fingerprint density at radius 1 is 1.47 bits per heavy atom. The molecule has 19 heavy (non-hydrogen) atoms. The lowest BCUT2D eigenvalue weighted by Gasteiger charge is -2.12. The van der Waals surface area contributed by atoms with Crippen molar-refractivity contribution < 1.29 is 32.3 Å². The number of carbonyl (C=O) groups excluding carboxylic acids is 3. The first-order valence-corrected chi connectivity index (χ1v) is 5.20. The van der Waals surface area contributed by atoms with Crippen LogP contribution in [0.4, 0.5) is 13.2 Å². The molecule has 6 nitrogen and oxygen atoms in total. The van der Waals surface area contributed by atoms with Gasteiger partial charge in [0, 0.05) is 0 Å². The van der Waals surface area contributed by atoms with Crippen LogP contribution in [0.2, 0.25) is 0 Å². The van der Waals surface area contributed by atoms with Crippen LogP contribution in [0.25, 0.3) is 0 Å². The Bertz CT molecular complexity index is 419. The summed E-state index contributed by atoms with van der Waals surface area (Å²) in [6.45, 7) is 2.00. The van der Waals surface area contributed by atoms with Gasteiger partial charge in [0.1, 0.15) is 18.2 Å². The Hall–Kier alpha value is -2.06. The van der Waals surface area contributed by atoms with E-state index in [1.54, 1.807) is 5.32 Å². The maximum atomic E-state index is 12.1. The average Bonchev–Trinajstić information content (AvgIpc) is 2.69. The van der Waals surface area contributed by atoms with Gasteiger partial charge in [-0.05, 0) is 0 Å². The van der Waals surface area contributed by atoms with E-state index in [0.29, 0.717) is 0 Å². The number of hydrogen-bond acceptors (Lipinski definition) is 4. The van der Waals surface area contributed by atoms with Crippen molar-refractivity contribution in [3.8, 4) is 0 Å². The SMILES string of the molecule is C=C(C(=O)NCC(=O)OC1CNC(=O)C1)C(F)(F)F. The van der Waals surface area contributed by atoms with Crippen LogP contribution >= 0.6 is 0 Å². The number of alkyl halides is 3. The third kappa shape index (κ3) is 4.60. The second kappa shape index (κ2) is 5.72. The number of amides is 2. The quantitative estimate of drug-likeness (QED) is 0.544. The first kappa shape index (κ1) is 15.0. The minimum absolute atomic E-state index is 0.00501. The smallest absolute Gasteiger partial charge is 0.421 e. The second-order valence-electron chi connectivity index (χ2n) is 3.78. The molecule has 1 fully saturated rings. The number of carbonyl (C=O) groups is 3. The van der Waals surface area contributed by atoms with Crippen molar-refractivity contribution in [1.82, 2.24) is 10.6 Å². The van der Waals surface area contributed by atoms with Crippen molar-refractivity contribution >= 4 is 17.8 Å². The zero-order valence-electron chi connectivity index (χ0n) is 9.67. The van der Waals surface area contributed by atoms with Gasteiger partial charge >= 0.3 is 12.1 Å². The first-order valence-electron chi connectivity index (χ1n) is 5.20. The number of halogens is 3. The summed E-state index contributed by atoms with van der Waals surface area (Å²) >= 11 is 0. The zero-order valence-corrected chi connectivity index (χ0v) is 9.67. The zero-order chi connectivity index (χ0) is 14.6. The van der Waals surface area contributed by atoms with E-state index in [1.165, 1.54) is 0 Å². The number of nitrogens with one attached hydrogen (secondary N) is 2. The van der Waals surface area contributed by atoms with Crippen LogP contribution in [0.3, 0.4) is 0 Å². The highest BCUT2D eigenvalue weighted by atomic mass is 19.4. The number of esters is 1. The lowest BCUT2D eigenvalue weighted by Crippen LogP contribution is -2.36. The molecule has 1 rings (SSSR count). The van der Waals surface area contributed by atoms with Crippen LogP contribution in [-0.2, 0) is 19.1 Å². The Labute approximate surface area is 106 Å². The summed E-state index contributed by atoms with van der Waals surface area (Å²) in [7, 11) is 0. The molecule has 1 atom stereocenters. The largest absolute Gasteiger partial charge is 0.459 e. The first-order chi connectivity index (χ1) is 8.70. The summed E-state index contributed by atoms with van der Waals surface area (Å²) in [6, 6.07) is 0. The van der Waals surface area contributed by atoms with E-state index in [1.807, 2.05) is 0 Å². The highest BCUT2D eigenvalue weighted by Gasteiger charge is 2.37. The van der Waals surface area contributed by atoms with Crippen LogP contribution in [0.15, 0.2) is 12.2 Å². The van der Waals surface area contributed by atoms with Gasteiger partial charge in [-0.15, -0.1) is 0 Å². The van der Waals surface area contributed by atoms with Crippen molar-refractivity contribution in [2.24, 2.45) is 0 Å². The van der Waals surface area contributed by atoms with Gasteiger partial charge in [0.2, 0.25) is 5.91 Å². The molecule has 2 N–H and O–H groups in total. The molecule has 1 aliphatic heterocycles. The van der Waals surface area contributed by atoms with Gasteiger partial charge in [0.05, 0.1) is 13.0 Å². The monoisotopic (exact) mass is 280 g/mol. The van der Waals surface area contributed by atoms with Gasteiger partial charge in [-0.1, -0.05) is 6.58 Å². The molecule has 0 aromatic carbocycles. The van der Waals surface area contributed by atoms with Crippen molar-refractivity contribution in [3.63, 3.8) is 0 Å². The van der Waals surface area contributed by atoms with E-state index in [-0.39, 0.29) is 18.9 Å². The summed E-state index contributed by atoms with van der Waals surface area (Å²) in [5, 5.41) is 4.15.